The zero-order valence-electron chi connectivity index (χ0n) is 12.1. The van der Waals surface area contributed by atoms with Crippen LogP contribution in [0.15, 0.2) is 12.7 Å². The molecule has 2 heteroatoms. The van der Waals surface area contributed by atoms with Gasteiger partial charge in [-0.05, 0) is 36.6 Å². The van der Waals surface area contributed by atoms with Crippen molar-refractivity contribution in [1.82, 2.24) is 4.90 Å². The van der Waals surface area contributed by atoms with E-state index in [9.17, 15) is 0 Å². The van der Waals surface area contributed by atoms with E-state index < -0.39 is 0 Å². The van der Waals surface area contributed by atoms with Gasteiger partial charge in [0.1, 0.15) is 0 Å². The summed E-state index contributed by atoms with van der Waals surface area (Å²) in [5.74, 6) is 1.38. The second-order valence-electron chi connectivity index (χ2n) is 6.19. The molecule has 0 aromatic rings. The standard InChI is InChI=1S/C15H30N2/c1-6-10-17(7-2)11-13-8-9-14(16)12(3)15(13,4)5/h6,12-14H,1,7-11,16H2,2-5H3. The molecule has 2 N–H and O–H groups in total. The van der Waals surface area contributed by atoms with Crippen LogP contribution in [0.5, 0.6) is 0 Å². The third kappa shape index (κ3) is 3.32. The summed E-state index contributed by atoms with van der Waals surface area (Å²) in [4.78, 5) is 2.49. The fraction of sp³-hybridized carbons (Fsp3) is 0.867. The van der Waals surface area contributed by atoms with Crippen molar-refractivity contribution in [2.75, 3.05) is 19.6 Å². The van der Waals surface area contributed by atoms with E-state index in [2.05, 4.69) is 39.2 Å². The number of hydrogen-bond acceptors (Lipinski definition) is 2. The lowest BCUT2D eigenvalue weighted by Crippen LogP contribution is -2.50. The smallest absolute Gasteiger partial charge is 0.0160 e. The molecule has 1 fully saturated rings. The van der Waals surface area contributed by atoms with Crippen LogP contribution in [0.4, 0.5) is 0 Å². The van der Waals surface area contributed by atoms with E-state index >= 15 is 0 Å². The van der Waals surface area contributed by atoms with Crippen LogP contribution in [0.2, 0.25) is 0 Å². The molecule has 0 heterocycles. The SMILES string of the molecule is C=CCN(CC)CC1CCC(N)C(C)C1(C)C. The quantitative estimate of drug-likeness (QED) is 0.746. The lowest BCUT2D eigenvalue weighted by molar-refractivity contribution is 0.0320. The predicted octanol–water partition coefficient (Wildman–Crippen LogP) is 2.89. The minimum Gasteiger partial charge on any atom is -0.327 e. The topological polar surface area (TPSA) is 29.3 Å². The maximum Gasteiger partial charge on any atom is 0.0160 e. The number of nitrogens with zero attached hydrogens (tertiary/aromatic N) is 1. The summed E-state index contributed by atoms with van der Waals surface area (Å²) in [5, 5.41) is 0. The highest BCUT2D eigenvalue weighted by atomic mass is 15.1. The molecule has 3 unspecified atom stereocenters. The van der Waals surface area contributed by atoms with Crippen LogP contribution in [0, 0.1) is 17.3 Å². The van der Waals surface area contributed by atoms with Gasteiger partial charge < -0.3 is 5.73 Å². The van der Waals surface area contributed by atoms with Gasteiger partial charge in [-0.25, -0.2) is 0 Å². The van der Waals surface area contributed by atoms with E-state index in [1.54, 1.807) is 0 Å². The van der Waals surface area contributed by atoms with Crippen LogP contribution >= 0.6 is 0 Å². The third-order valence-electron chi connectivity index (χ3n) is 5.03. The first kappa shape index (κ1) is 14.7. The van der Waals surface area contributed by atoms with Crippen molar-refractivity contribution >= 4 is 0 Å². The van der Waals surface area contributed by atoms with Crippen LogP contribution in [-0.4, -0.2) is 30.6 Å². The molecule has 3 atom stereocenters. The Bertz CT molecular complexity index is 247. The summed E-state index contributed by atoms with van der Waals surface area (Å²) in [7, 11) is 0. The molecule has 0 aromatic carbocycles. The Balaban J connectivity index is 2.66. The normalized spacial score (nSPS) is 32.7. The van der Waals surface area contributed by atoms with Gasteiger partial charge in [-0.1, -0.05) is 33.8 Å². The van der Waals surface area contributed by atoms with Gasteiger partial charge in [0.2, 0.25) is 0 Å². The molecule has 0 bridgehead atoms. The van der Waals surface area contributed by atoms with Crippen molar-refractivity contribution in [2.24, 2.45) is 23.0 Å². The molecular formula is C15H30N2. The van der Waals surface area contributed by atoms with Crippen LogP contribution in [-0.2, 0) is 0 Å². The summed E-state index contributed by atoms with van der Waals surface area (Å²) in [6.45, 7) is 16.5. The van der Waals surface area contributed by atoms with Crippen molar-refractivity contribution in [3.8, 4) is 0 Å². The first-order chi connectivity index (χ1) is 7.93. The van der Waals surface area contributed by atoms with E-state index in [4.69, 9.17) is 5.73 Å². The molecule has 17 heavy (non-hydrogen) atoms. The highest BCUT2D eigenvalue weighted by Gasteiger charge is 2.41. The fourth-order valence-electron chi connectivity index (χ4n) is 3.09. The van der Waals surface area contributed by atoms with Gasteiger partial charge in [0.25, 0.3) is 0 Å². The molecule has 1 aliphatic rings. The van der Waals surface area contributed by atoms with Gasteiger partial charge in [-0.2, -0.15) is 0 Å². The Kier molecular flexibility index (Phi) is 5.21. The lowest BCUT2D eigenvalue weighted by atomic mass is 9.61. The summed E-state index contributed by atoms with van der Waals surface area (Å²) >= 11 is 0. The van der Waals surface area contributed by atoms with Gasteiger partial charge in [-0.3, -0.25) is 4.90 Å². The van der Waals surface area contributed by atoms with E-state index in [1.807, 2.05) is 6.08 Å². The summed E-state index contributed by atoms with van der Waals surface area (Å²) in [6.07, 6.45) is 4.46. The van der Waals surface area contributed by atoms with E-state index in [-0.39, 0.29) is 0 Å². The Labute approximate surface area is 107 Å². The predicted molar refractivity (Wildman–Crippen MR) is 76.0 cm³/mol. The van der Waals surface area contributed by atoms with Crippen molar-refractivity contribution < 1.29 is 0 Å². The number of hydrogen-bond donors (Lipinski definition) is 1. The molecule has 1 aliphatic carbocycles. The number of likely N-dealkylation sites (N-methyl/N-ethyl adjacent to an activating group) is 1. The van der Waals surface area contributed by atoms with Crippen LogP contribution in [0.1, 0.15) is 40.5 Å². The zero-order chi connectivity index (χ0) is 13.1. The maximum absolute atomic E-state index is 6.21. The summed E-state index contributed by atoms with van der Waals surface area (Å²) < 4.78 is 0. The van der Waals surface area contributed by atoms with Crippen LogP contribution in [0.3, 0.4) is 0 Å². The molecule has 0 aromatic heterocycles. The first-order valence-electron chi connectivity index (χ1n) is 7.02. The van der Waals surface area contributed by atoms with Gasteiger partial charge in [-0.15, -0.1) is 6.58 Å². The van der Waals surface area contributed by atoms with Crippen molar-refractivity contribution in [3.05, 3.63) is 12.7 Å². The van der Waals surface area contributed by atoms with Crippen molar-refractivity contribution in [3.63, 3.8) is 0 Å². The highest BCUT2D eigenvalue weighted by Crippen LogP contribution is 2.44. The van der Waals surface area contributed by atoms with Gasteiger partial charge in [0, 0.05) is 19.1 Å². The minimum absolute atomic E-state index is 0.353. The van der Waals surface area contributed by atoms with E-state index in [0.29, 0.717) is 17.4 Å². The molecular weight excluding hydrogens is 208 g/mol. The van der Waals surface area contributed by atoms with Gasteiger partial charge in [0.05, 0.1) is 0 Å². The average molecular weight is 238 g/mol. The second-order valence-corrected chi connectivity index (χ2v) is 6.19. The van der Waals surface area contributed by atoms with E-state index in [1.165, 1.54) is 19.4 Å². The van der Waals surface area contributed by atoms with Crippen LogP contribution in [0.25, 0.3) is 0 Å². The maximum atomic E-state index is 6.21. The molecule has 100 valence electrons. The summed E-state index contributed by atoms with van der Waals surface area (Å²) in [6, 6.07) is 0.385. The monoisotopic (exact) mass is 238 g/mol. The largest absolute Gasteiger partial charge is 0.327 e. The second kappa shape index (κ2) is 6.01. The van der Waals surface area contributed by atoms with Gasteiger partial charge >= 0.3 is 0 Å². The lowest BCUT2D eigenvalue weighted by Gasteiger charge is -2.48. The Morgan fingerprint density at radius 1 is 1.41 bits per heavy atom. The van der Waals surface area contributed by atoms with Crippen molar-refractivity contribution in [2.45, 2.75) is 46.6 Å². The number of rotatable bonds is 5. The minimum atomic E-state index is 0.353. The van der Waals surface area contributed by atoms with Crippen LogP contribution < -0.4 is 5.73 Å². The van der Waals surface area contributed by atoms with Crippen molar-refractivity contribution in [1.29, 1.82) is 0 Å². The average Bonchev–Trinajstić information content (AvgIpc) is 2.29. The molecule has 1 saturated carbocycles. The van der Waals surface area contributed by atoms with Gasteiger partial charge in [0.15, 0.2) is 0 Å². The number of nitrogens with two attached hydrogens (primary N) is 1. The molecule has 0 amide bonds. The summed E-state index contributed by atoms with van der Waals surface area (Å²) in [5.41, 5.74) is 6.56. The Morgan fingerprint density at radius 3 is 2.59 bits per heavy atom. The molecule has 2 nitrogen and oxygen atoms in total. The zero-order valence-corrected chi connectivity index (χ0v) is 12.1. The third-order valence-corrected chi connectivity index (χ3v) is 5.03. The fourth-order valence-corrected chi connectivity index (χ4v) is 3.09. The Morgan fingerprint density at radius 2 is 2.06 bits per heavy atom. The first-order valence-corrected chi connectivity index (χ1v) is 7.02. The molecule has 0 aliphatic heterocycles. The highest BCUT2D eigenvalue weighted by molar-refractivity contribution is 4.94. The Hall–Kier alpha value is -0.340. The molecule has 1 rings (SSSR count). The molecule has 0 saturated heterocycles. The van der Waals surface area contributed by atoms with E-state index in [0.717, 1.165) is 19.0 Å². The molecule has 0 radical (unpaired) electrons. The molecule has 0 spiro atoms.